The summed E-state index contributed by atoms with van der Waals surface area (Å²) in [5, 5.41) is 2.83. The summed E-state index contributed by atoms with van der Waals surface area (Å²) in [4.78, 5) is 11.8. The minimum absolute atomic E-state index is 0.00517. The Morgan fingerprint density at radius 2 is 1.89 bits per heavy atom. The van der Waals surface area contributed by atoms with E-state index < -0.39 is 6.10 Å². The van der Waals surface area contributed by atoms with E-state index in [0.29, 0.717) is 0 Å². The second-order valence-electron chi connectivity index (χ2n) is 5.24. The molecule has 0 aromatic heterocycles. The highest BCUT2D eigenvalue weighted by molar-refractivity contribution is 5.80. The molecule has 0 radical (unpaired) electrons. The Balaban J connectivity index is 2.74. The van der Waals surface area contributed by atoms with Gasteiger partial charge in [-0.25, -0.2) is 0 Å². The third-order valence-corrected chi connectivity index (χ3v) is 2.83. The number of rotatable bonds is 5. The van der Waals surface area contributed by atoms with Gasteiger partial charge in [-0.3, -0.25) is 4.79 Å². The van der Waals surface area contributed by atoms with Gasteiger partial charge < -0.3 is 15.8 Å². The van der Waals surface area contributed by atoms with Crippen molar-refractivity contribution in [3.63, 3.8) is 0 Å². The van der Waals surface area contributed by atoms with Crippen LogP contribution in [0.1, 0.15) is 44.9 Å². The Bertz CT molecular complexity index is 442. The van der Waals surface area contributed by atoms with Gasteiger partial charge in [0.1, 0.15) is 5.75 Å². The largest absolute Gasteiger partial charge is 0.481 e. The van der Waals surface area contributed by atoms with Crippen molar-refractivity contribution in [2.45, 2.75) is 52.8 Å². The van der Waals surface area contributed by atoms with Crippen molar-refractivity contribution in [3.05, 3.63) is 29.3 Å². The Kier molecular flexibility index (Phi) is 5.36. The van der Waals surface area contributed by atoms with Crippen molar-refractivity contribution in [1.82, 2.24) is 5.32 Å². The highest BCUT2D eigenvalue weighted by atomic mass is 16.5. The summed E-state index contributed by atoms with van der Waals surface area (Å²) in [6.45, 7) is 9.49. The summed E-state index contributed by atoms with van der Waals surface area (Å²) in [7, 11) is 0. The molecule has 0 fully saturated rings. The zero-order valence-electron chi connectivity index (χ0n) is 12.4. The van der Waals surface area contributed by atoms with Gasteiger partial charge in [0.2, 0.25) is 0 Å². The average molecular weight is 264 g/mol. The summed E-state index contributed by atoms with van der Waals surface area (Å²) in [5.74, 6) is 0.612. The first-order valence-electron chi connectivity index (χ1n) is 6.64. The minimum Gasteiger partial charge on any atom is -0.481 e. The molecule has 0 saturated heterocycles. The van der Waals surface area contributed by atoms with E-state index in [2.05, 4.69) is 5.32 Å². The van der Waals surface area contributed by atoms with E-state index in [0.717, 1.165) is 16.9 Å². The van der Waals surface area contributed by atoms with E-state index in [1.165, 1.54) is 0 Å². The fourth-order valence-electron chi connectivity index (χ4n) is 1.73. The lowest BCUT2D eigenvalue weighted by molar-refractivity contribution is -0.127. The quantitative estimate of drug-likeness (QED) is 0.857. The molecule has 0 aliphatic carbocycles. The first-order valence-corrected chi connectivity index (χ1v) is 6.64. The lowest BCUT2D eigenvalue weighted by Crippen LogP contribution is -2.40. The second-order valence-corrected chi connectivity index (χ2v) is 5.24. The monoisotopic (exact) mass is 264 g/mol. The molecule has 2 atom stereocenters. The van der Waals surface area contributed by atoms with Crippen molar-refractivity contribution in [2.24, 2.45) is 5.73 Å². The fraction of sp³-hybridized carbons (Fsp3) is 0.533. The Morgan fingerprint density at radius 1 is 1.26 bits per heavy atom. The van der Waals surface area contributed by atoms with Crippen LogP contribution in [0.15, 0.2) is 18.2 Å². The normalized spacial score (nSPS) is 14.1. The number of carbonyl (C=O) groups excluding carboxylic acids is 1. The number of nitrogens with one attached hydrogen (secondary N) is 1. The van der Waals surface area contributed by atoms with Gasteiger partial charge in [-0.1, -0.05) is 12.1 Å². The van der Waals surface area contributed by atoms with Gasteiger partial charge in [-0.15, -0.1) is 0 Å². The standard InChI is InChI=1S/C15H24N2O2/c1-9(2)17-15(18)12(5)19-14-7-6-13(11(4)16)8-10(14)3/h6-9,11-12H,16H2,1-5H3,(H,17,18)/t11-,12?/m1/s1. The molecule has 1 unspecified atom stereocenters. The number of ether oxygens (including phenoxy) is 1. The minimum atomic E-state index is -0.512. The maximum Gasteiger partial charge on any atom is 0.260 e. The van der Waals surface area contributed by atoms with Crippen molar-refractivity contribution in [3.8, 4) is 5.75 Å². The molecule has 1 aromatic carbocycles. The summed E-state index contributed by atoms with van der Waals surface area (Å²) in [6.07, 6.45) is -0.512. The number of hydrogen-bond donors (Lipinski definition) is 2. The Labute approximate surface area is 115 Å². The van der Waals surface area contributed by atoms with Crippen LogP contribution in [0.2, 0.25) is 0 Å². The molecule has 0 spiro atoms. The molecule has 0 heterocycles. The third kappa shape index (κ3) is 4.56. The van der Waals surface area contributed by atoms with Gasteiger partial charge in [0, 0.05) is 12.1 Å². The zero-order valence-corrected chi connectivity index (χ0v) is 12.4. The van der Waals surface area contributed by atoms with Gasteiger partial charge >= 0.3 is 0 Å². The SMILES string of the molecule is Cc1cc([C@@H](C)N)ccc1OC(C)C(=O)NC(C)C. The fourth-order valence-corrected chi connectivity index (χ4v) is 1.73. The summed E-state index contributed by atoms with van der Waals surface area (Å²) in [6, 6.07) is 5.90. The molecule has 4 heteroatoms. The molecule has 3 N–H and O–H groups in total. The summed E-state index contributed by atoms with van der Waals surface area (Å²) in [5.41, 5.74) is 7.88. The number of nitrogens with two attached hydrogens (primary N) is 1. The zero-order chi connectivity index (χ0) is 14.6. The third-order valence-electron chi connectivity index (χ3n) is 2.83. The van der Waals surface area contributed by atoms with Crippen LogP contribution in [0.3, 0.4) is 0 Å². The molecule has 0 bridgehead atoms. The summed E-state index contributed by atoms with van der Waals surface area (Å²) < 4.78 is 5.69. The number of benzene rings is 1. The van der Waals surface area contributed by atoms with Crippen LogP contribution in [0.5, 0.6) is 5.75 Å². The van der Waals surface area contributed by atoms with Gasteiger partial charge in [-0.2, -0.15) is 0 Å². The van der Waals surface area contributed by atoms with Crippen molar-refractivity contribution in [1.29, 1.82) is 0 Å². The maximum atomic E-state index is 11.8. The van der Waals surface area contributed by atoms with Crippen LogP contribution in [0.4, 0.5) is 0 Å². The predicted octanol–water partition coefficient (Wildman–Crippen LogP) is 2.31. The second kappa shape index (κ2) is 6.57. The first kappa shape index (κ1) is 15.5. The molecule has 0 aliphatic heterocycles. The van der Waals surface area contributed by atoms with Crippen molar-refractivity contribution < 1.29 is 9.53 Å². The van der Waals surface area contributed by atoms with Crippen LogP contribution >= 0.6 is 0 Å². The first-order chi connectivity index (χ1) is 8.81. The smallest absolute Gasteiger partial charge is 0.260 e. The van der Waals surface area contributed by atoms with Crippen LogP contribution < -0.4 is 15.8 Å². The van der Waals surface area contributed by atoms with E-state index in [9.17, 15) is 4.79 Å². The lowest BCUT2D eigenvalue weighted by atomic mass is 10.1. The van der Waals surface area contributed by atoms with Crippen LogP contribution in [0, 0.1) is 6.92 Å². The molecular weight excluding hydrogens is 240 g/mol. The molecular formula is C15H24N2O2. The molecule has 0 aliphatic rings. The van der Waals surface area contributed by atoms with E-state index in [1.54, 1.807) is 6.92 Å². The highest BCUT2D eigenvalue weighted by Crippen LogP contribution is 2.22. The summed E-state index contributed by atoms with van der Waals surface area (Å²) >= 11 is 0. The van der Waals surface area contributed by atoms with E-state index in [1.807, 2.05) is 45.9 Å². The van der Waals surface area contributed by atoms with Crippen molar-refractivity contribution in [2.75, 3.05) is 0 Å². The maximum absolute atomic E-state index is 11.8. The molecule has 1 amide bonds. The van der Waals surface area contributed by atoms with Crippen LogP contribution in [-0.2, 0) is 4.79 Å². The van der Waals surface area contributed by atoms with Gasteiger partial charge in [0.15, 0.2) is 6.10 Å². The molecule has 106 valence electrons. The van der Waals surface area contributed by atoms with E-state index >= 15 is 0 Å². The van der Waals surface area contributed by atoms with Crippen LogP contribution in [0.25, 0.3) is 0 Å². The molecule has 0 saturated carbocycles. The molecule has 1 rings (SSSR count). The van der Waals surface area contributed by atoms with Gasteiger partial charge in [0.25, 0.3) is 5.91 Å². The molecule has 19 heavy (non-hydrogen) atoms. The highest BCUT2D eigenvalue weighted by Gasteiger charge is 2.16. The number of aryl methyl sites for hydroxylation is 1. The Hall–Kier alpha value is -1.55. The van der Waals surface area contributed by atoms with Gasteiger partial charge in [-0.05, 0) is 51.8 Å². The van der Waals surface area contributed by atoms with Crippen LogP contribution in [-0.4, -0.2) is 18.1 Å². The Morgan fingerprint density at radius 3 is 2.37 bits per heavy atom. The van der Waals surface area contributed by atoms with Gasteiger partial charge in [0.05, 0.1) is 0 Å². The number of hydrogen-bond acceptors (Lipinski definition) is 3. The van der Waals surface area contributed by atoms with E-state index in [-0.39, 0.29) is 18.0 Å². The molecule has 4 nitrogen and oxygen atoms in total. The number of carbonyl (C=O) groups is 1. The van der Waals surface area contributed by atoms with E-state index in [4.69, 9.17) is 10.5 Å². The molecule has 1 aromatic rings. The lowest BCUT2D eigenvalue weighted by Gasteiger charge is -2.18. The topological polar surface area (TPSA) is 64.3 Å². The van der Waals surface area contributed by atoms with Crippen molar-refractivity contribution >= 4 is 5.91 Å². The predicted molar refractivity (Wildman–Crippen MR) is 77.2 cm³/mol. The average Bonchev–Trinajstić information content (AvgIpc) is 2.30. The number of amides is 1.